The Hall–Kier alpha value is -7.76. The molecule has 0 saturated carbocycles. The van der Waals surface area contributed by atoms with E-state index in [4.69, 9.17) is 24.4 Å². The lowest BCUT2D eigenvalue weighted by Crippen LogP contribution is -2.01. The summed E-state index contributed by atoms with van der Waals surface area (Å²) in [5.74, 6) is 1.89. The molecule has 3 aromatic heterocycles. The summed E-state index contributed by atoms with van der Waals surface area (Å²) in [6, 6.07) is 63.5. The first-order valence-electron chi connectivity index (χ1n) is 19.1. The van der Waals surface area contributed by atoms with E-state index < -0.39 is 0 Å². The van der Waals surface area contributed by atoms with Crippen LogP contribution in [-0.2, 0) is 0 Å². The minimum Gasteiger partial charge on any atom is -0.438 e. The van der Waals surface area contributed by atoms with Crippen LogP contribution in [0.3, 0.4) is 0 Å². The summed E-state index contributed by atoms with van der Waals surface area (Å²) in [7, 11) is 0. The first-order chi connectivity index (χ1) is 28.2. The van der Waals surface area contributed by atoms with E-state index in [0.717, 1.165) is 71.6 Å². The highest BCUT2D eigenvalue weighted by molar-refractivity contribution is 6.25. The molecule has 3 heterocycles. The van der Waals surface area contributed by atoms with Crippen LogP contribution < -0.4 is 0 Å². The monoisotopic (exact) mass is 726 g/mol. The molecule has 9 aromatic carbocycles. The maximum Gasteiger partial charge on any atom is 0.228 e. The van der Waals surface area contributed by atoms with Crippen molar-refractivity contribution >= 4 is 65.2 Å². The summed E-state index contributed by atoms with van der Waals surface area (Å²) in [5, 5.41) is 11.6. The van der Waals surface area contributed by atoms with Crippen LogP contribution in [0.4, 0.5) is 0 Å². The van der Waals surface area contributed by atoms with Crippen LogP contribution in [0.15, 0.2) is 186 Å². The quantitative estimate of drug-likeness (QED) is 0.165. The SMILES string of the molecule is c1ccc(-c2nc(-c3cccc(-c4cccc(-c5nc6oc7ccccc7c6c6ccccc56)c4)c3)nc(-c3ccc4ccc5cccc6ccc3c4c56)n2)cc1. The second kappa shape index (κ2) is 12.4. The molecule has 57 heavy (non-hydrogen) atoms. The molecule has 0 saturated heterocycles. The lowest BCUT2D eigenvalue weighted by Gasteiger charge is -2.14. The summed E-state index contributed by atoms with van der Waals surface area (Å²) < 4.78 is 6.31. The number of hydrogen-bond donors (Lipinski definition) is 0. The van der Waals surface area contributed by atoms with E-state index in [2.05, 4.69) is 146 Å². The van der Waals surface area contributed by atoms with E-state index >= 15 is 0 Å². The molecular weight excluding hydrogens is 697 g/mol. The number of nitrogens with zero attached hydrogens (tertiary/aromatic N) is 4. The first-order valence-corrected chi connectivity index (χ1v) is 19.1. The van der Waals surface area contributed by atoms with E-state index in [-0.39, 0.29) is 0 Å². The van der Waals surface area contributed by atoms with Crippen LogP contribution >= 0.6 is 0 Å². The predicted octanol–water partition coefficient (Wildman–Crippen LogP) is 13.6. The molecule has 0 fully saturated rings. The Balaban J connectivity index is 1.01. The van der Waals surface area contributed by atoms with Crippen LogP contribution in [0.25, 0.3) is 122 Å². The molecule has 5 nitrogen and oxygen atoms in total. The third kappa shape index (κ3) is 5.03. The molecule has 0 unspecified atom stereocenters. The van der Waals surface area contributed by atoms with Crippen molar-refractivity contribution in [1.82, 2.24) is 19.9 Å². The van der Waals surface area contributed by atoms with E-state index in [9.17, 15) is 0 Å². The van der Waals surface area contributed by atoms with Gasteiger partial charge < -0.3 is 4.42 Å². The summed E-state index contributed by atoms with van der Waals surface area (Å²) >= 11 is 0. The number of hydrogen-bond acceptors (Lipinski definition) is 5. The molecule has 5 heteroatoms. The van der Waals surface area contributed by atoms with Gasteiger partial charge in [-0.15, -0.1) is 0 Å². The Kier molecular flexibility index (Phi) is 6.86. The van der Waals surface area contributed by atoms with Gasteiger partial charge >= 0.3 is 0 Å². The Morgan fingerprint density at radius 2 is 0.877 bits per heavy atom. The highest BCUT2D eigenvalue weighted by atomic mass is 16.3. The molecule has 0 amide bonds. The van der Waals surface area contributed by atoms with E-state index in [0.29, 0.717) is 23.2 Å². The highest BCUT2D eigenvalue weighted by Gasteiger charge is 2.19. The topological polar surface area (TPSA) is 64.7 Å². The average molecular weight is 727 g/mol. The van der Waals surface area contributed by atoms with Gasteiger partial charge in [0, 0.05) is 33.0 Å². The molecule has 0 aliphatic rings. The number of aromatic nitrogens is 4. The van der Waals surface area contributed by atoms with Gasteiger partial charge in [0.2, 0.25) is 5.71 Å². The molecule has 0 atom stereocenters. The normalized spacial score (nSPS) is 11.9. The molecule has 0 bridgehead atoms. The van der Waals surface area contributed by atoms with E-state index in [1.807, 2.05) is 36.4 Å². The zero-order valence-electron chi connectivity index (χ0n) is 30.5. The van der Waals surface area contributed by atoms with Crippen LogP contribution in [-0.4, -0.2) is 19.9 Å². The Morgan fingerprint density at radius 3 is 1.68 bits per heavy atom. The summed E-state index contributed by atoms with van der Waals surface area (Å²) in [6.07, 6.45) is 0. The largest absolute Gasteiger partial charge is 0.438 e. The standard InChI is InChI=1S/C52H30N4O/c1-2-11-34(12-3-1)49-54-50(56-51(55-49)42-28-26-33-24-23-31-13-8-14-32-25-27-40(42)46(33)45(31)32)38-18-10-16-36(30-38)35-15-9-17-37(29-35)48-41-20-5-4-19-39(41)47-43-21-6-7-22-44(43)57-52(47)53-48/h1-30H. The third-order valence-corrected chi connectivity index (χ3v) is 11.3. The maximum absolute atomic E-state index is 6.31. The van der Waals surface area contributed by atoms with Gasteiger partial charge in [0.25, 0.3) is 0 Å². The smallest absolute Gasteiger partial charge is 0.228 e. The summed E-state index contributed by atoms with van der Waals surface area (Å²) in [6.45, 7) is 0. The molecule has 0 N–H and O–H groups in total. The zero-order chi connectivity index (χ0) is 37.5. The molecule has 264 valence electrons. The lowest BCUT2D eigenvalue weighted by molar-refractivity contribution is 0.655. The van der Waals surface area contributed by atoms with Gasteiger partial charge in [-0.3, -0.25) is 0 Å². The number of fused-ring (bicyclic) bond motifs is 5. The van der Waals surface area contributed by atoms with Crippen LogP contribution in [0.5, 0.6) is 0 Å². The lowest BCUT2D eigenvalue weighted by atomic mass is 9.92. The van der Waals surface area contributed by atoms with Crippen molar-refractivity contribution in [2.45, 2.75) is 0 Å². The third-order valence-electron chi connectivity index (χ3n) is 11.3. The van der Waals surface area contributed by atoms with Crippen molar-refractivity contribution in [1.29, 1.82) is 0 Å². The van der Waals surface area contributed by atoms with Crippen molar-refractivity contribution in [3.8, 4) is 56.5 Å². The number of furan rings is 1. The summed E-state index contributed by atoms with van der Waals surface area (Å²) in [4.78, 5) is 20.6. The Bertz CT molecular complexity index is 3520. The number of rotatable bonds is 5. The van der Waals surface area contributed by atoms with Gasteiger partial charge in [-0.1, -0.05) is 158 Å². The predicted molar refractivity (Wildman–Crippen MR) is 233 cm³/mol. The van der Waals surface area contributed by atoms with Gasteiger partial charge in [0.05, 0.1) is 11.1 Å². The second-order valence-corrected chi connectivity index (χ2v) is 14.6. The zero-order valence-corrected chi connectivity index (χ0v) is 30.5. The van der Waals surface area contributed by atoms with Gasteiger partial charge in [0.1, 0.15) is 5.58 Å². The minimum absolute atomic E-state index is 0.616. The van der Waals surface area contributed by atoms with E-state index in [1.54, 1.807) is 0 Å². The molecule has 0 aliphatic carbocycles. The fraction of sp³-hybridized carbons (Fsp3) is 0. The fourth-order valence-electron chi connectivity index (χ4n) is 8.62. The first kappa shape index (κ1) is 31.6. The number of para-hydroxylation sites is 1. The molecular formula is C52H30N4O. The van der Waals surface area contributed by atoms with Crippen molar-refractivity contribution in [2.24, 2.45) is 0 Å². The Morgan fingerprint density at radius 1 is 0.316 bits per heavy atom. The highest BCUT2D eigenvalue weighted by Crippen LogP contribution is 2.41. The molecule has 12 aromatic rings. The van der Waals surface area contributed by atoms with Crippen LogP contribution in [0.1, 0.15) is 0 Å². The minimum atomic E-state index is 0.616. The molecule has 12 rings (SSSR count). The number of benzene rings is 9. The van der Waals surface area contributed by atoms with Crippen molar-refractivity contribution in [3.05, 3.63) is 182 Å². The van der Waals surface area contributed by atoms with Crippen LogP contribution in [0.2, 0.25) is 0 Å². The number of pyridine rings is 1. The fourth-order valence-corrected chi connectivity index (χ4v) is 8.62. The Labute approximate surface area is 326 Å². The van der Waals surface area contributed by atoms with Crippen LogP contribution in [0, 0.1) is 0 Å². The van der Waals surface area contributed by atoms with E-state index in [1.165, 1.54) is 26.9 Å². The van der Waals surface area contributed by atoms with Gasteiger partial charge in [-0.05, 0) is 73.1 Å². The summed E-state index contributed by atoms with van der Waals surface area (Å²) in [5.41, 5.74) is 8.31. The van der Waals surface area contributed by atoms with Gasteiger partial charge in [-0.2, -0.15) is 0 Å². The van der Waals surface area contributed by atoms with Gasteiger partial charge in [-0.25, -0.2) is 19.9 Å². The van der Waals surface area contributed by atoms with Crippen molar-refractivity contribution in [3.63, 3.8) is 0 Å². The average Bonchev–Trinajstić information content (AvgIpc) is 3.67. The second-order valence-electron chi connectivity index (χ2n) is 14.6. The van der Waals surface area contributed by atoms with Crippen molar-refractivity contribution < 1.29 is 4.42 Å². The van der Waals surface area contributed by atoms with Crippen molar-refractivity contribution in [2.75, 3.05) is 0 Å². The molecule has 0 spiro atoms. The maximum atomic E-state index is 6.31. The molecule has 0 aliphatic heterocycles. The van der Waals surface area contributed by atoms with Gasteiger partial charge in [0.15, 0.2) is 17.5 Å². The molecule has 0 radical (unpaired) electrons.